The van der Waals surface area contributed by atoms with E-state index >= 15 is 0 Å². The Morgan fingerprint density at radius 1 is 1.21 bits per heavy atom. The molecule has 0 heterocycles. The standard InChI is InChI=1S/C25H40O3/c1-16(5-10-23(27)28-4)20-8-9-21-19-7-6-17-15-18(26)11-13-24(17,2)22(19)12-14-25(20,21)3/h12,14,16-22,26H,5-11,13,15H2,1-4H3/t16-,17?,18-,19+,20-,21+,22+,24+,25-/m1/s1. The van der Waals surface area contributed by atoms with Crippen molar-refractivity contribution in [3.63, 3.8) is 0 Å². The molecule has 0 aromatic carbocycles. The minimum atomic E-state index is -0.0727. The lowest BCUT2D eigenvalue weighted by Crippen LogP contribution is -2.52. The van der Waals surface area contributed by atoms with Gasteiger partial charge >= 0.3 is 5.97 Å². The van der Waals surface area contributed by atoms with E-state index in [1.54, 1.807) is 0 Å². The monoisotopic (exact) mass is 388 g/mol. The Hall–Kier alpha value is -0.830. The maximum Gasteiger partial charge on any atom is 0.305 e. The Labute approximate surface area is 171 Å². The summed E-state index contributed by atoms with van der Waals surface area (Å²) in [5.74, 6) is 4.16. The van der Waals surface area contributed by atoms with Crippen molar-refractivity contribution in [1.82, 2.24) is 0 Å². The number of fused-ring (bicyclic) bond motifs is 5. The molecular formula is C25H40O3. The summed E-state index contributed by atoms with van der Waals surface area (Å²) in [4.78, 5) is 11.6. The normalized spacial score (nSPS) is 48.3. The predicted octanol–water partition coefficient (Wildman–Crippen LogP) is 5.37. The number of ether oxygens (including phenoxy) is 1. The topological polar surface area (TPSA) is 46.5 Å². The summed E-state index contributed by atoms with van der Waals surface area (Å²) < 4.78 is 4.86. The van der Waals surface area contributed by atoms with Gasteiger partial charge in [-0.2, -0.15) is 0 Å². The van der Waals surface area contributed by atoms with Crippen LogP contribution in [0.15, 0.2) is 12.2 Å². The fourth-order valence-corrected chi connectivity index (χ4v) is 8.20. The number of hydrogen-bond donors (Lipinski definition) is 1. The van der Waals surface area contributed by atoms with Gasteiger partial charge in [-0.3, -0.25) is 4.79 Å². The summed E-state index contributed by atoms with van der Waals surface area (Å²) in [7, 11) is 1.49. The van der Waals surface area contributed by atoms with Crippen LogP contribution in [0.3, 0.4) is 0 Å². The second-order valence-electron chi connectivity index (χ2n) is 11.0. The molecule has 3 nitrogen and oxygen atoms in total. The Morgan fingerprint density at radius 2 is 2.00 bits per heavy atom. The number of allylic oxidation sites excluding steroid dienone is 2. The average molecular weight is 389 g/mol. The van der Waals surface area contributed by atoms with Gasteiger partial charge in [-0.05, 0) is 97.7 Å². The largest absolute Gasteiger partial charge is 0.469 e. The second kappa shape index (κ2) is 7.45. The maximum atomic E-state index is 11.6. The highest BCUT2D eigenvalue weighted by Crippen LogP contribution is 2.66. The highest BCUT2D eigenvalue weighted by atomic mass is 16.5. The van der Waals surface area contributed by atoms with E-state index in [1.165, 1.54) is 39.2 Å². The van der Waals surface area contributed by atoms with Crippen LogP contribution in [-0.2, 0) is 9.53 Å². The van der Waals surface area contributed by atoms with E-state index in [1.807, 2.05) is 0 Å². The van der Waals surface area contributed by atoms with E-state index in [0.29, 0.717) is 35.5 Å². The van der Waals surface area contributed by atoms with Crippen LogP contribution in [0.2, 0.25) is 0 Å². The number of carbonyl (C=O) groups excluding carboxylic acids is 1. The second-order valence-corrected chi connectivity index (χ2v) is 11.0. The number of aliphatic hydroxyl groups excluding tert-OH is 1. The van der Waals surface area contributed by atoms with Crippen LogP contribution < -0.4 is 0 Å². The first-order valence-electron chi connectivity index (χ1n) is 11.7. The van der Waals surface area contributed by atoms with Gasteiger partial charge in [0.15, 0.2) is 0 Å². The van der Waals surface area contributed by atoms with Gasteiger partial charge in [0.05, 0.1) is 13.2 Å². The van der Waals surface area contributed by atoms with Crippen LogP contribution in [0, 0.1) is 46.3 Å². The molecule has 1 unspecified atom stereocenters. The van der Waals surface area contributed by atoms with Crippen molar-refractivity contribution in [2.45, 2.75) is 84.7 Å². The number of rotatable bonds is 4. The van der Waals surface area contributed by atoms with Gasteiger partial charge in [0.2, 0.25) is 0 Å². The minimum Gasteiger partial charge on any atom is -0.469 e. The molecule has 1 N–H and O–H groups in total. The van der Waals surface area contributed by atoms with Crippen LogP contribution in [-0.4, -0.2) is 24.3 Å². The molecule has 0 bridgehead atoms. The van der Waals surface area contributed by atoms with Crippen LogP contribution in [0.25, 0.3) is 0 Å². The van der Waals surface area contributed by atoms with E-state index in [2.05, 4.69) is 32.9 Å². The summed E-state index contributed by atoms with van der Waals surface area (Å²) >= 11 is 0. The molecule has 4 rings (SSSR count). The van der Waals surface area contributed by atoms with E-state index in [9.17, 15) is 9.90 Å². The fraction of sp³-hybridized carbons (Fsp3) is 0.880. The van der Waals surface area contributed by atoms with Crippen molar-refractivity contribution in [2.75, 3.05) is 7.11 Å². The van der Waals surface area contributed by atoms with Gasteiger partial charge in [0.1, 0.15) is 0 Å². The number of carbonyl (C=O) groups is 1. The van der Waals surface area contributed by atoms with Crippen molar-refractivity contribution in [1.29, 1.82) is 0 Å². The van der Waals surface area contributed by atoms with Crippen molar-refractivity contribution < 1.29 is 14.6 Å². The number of esters is 1. The SMILES string of the molecule is COC(=O)CC[C@@H](C)[C@H]1CC[C@H]2[C@@H]3CCC4C[C@H](O)CC[C@]4(C)[C@H]3C=C[C@]12C. The van der Waals surface area contributed by atoms with Crippen LogP contribution in [0.1, 0.15) is 78.6 Å². The number of aliphatic hydroxyl groups is 1. The van der Waals surface area contributed by atoms with E-state index in [4.69, 9.17) is 4.74 Å². The third kappa shape index (κ3) is 3.16. The molecular weight excluding hydrogens is 348 g/mol. The Balaban J connectivity index is 1.53. The molecule has 0 amide bonds. The first-order chi connectivity index (χ1) is 13.3. The van der Waals surface area contributed by atoms with Gasteiger partial charge in [0.25, 0.3) is 0 Å². The van der Waals surface area contributed by atoms with Gasteiger partial charge in [-0.15, -0.1) is 0 Å². The predicted molar refractivity (Wildman–Crippen MR) is 112 cm³/mol. The van der Waals surface area contributed by atoms with E-state index in [0.717, 1.165) is 31.1 Å². The van der Waals surface area contributed by atoms with E-state index < -0.39 is 0 Å². The maximum absolute atomic E-state index is 11.6. The van der Waals surface area contributed by atoms with Gasteiger partial charge in [-0.1, -0.05) is 32.9 Å². The van der Waals surface area contributed by atoms with Gasteiger partial charge in [-0.25, -0.2) is 0 Å². The average Bonchev–Trinajstić information content (AvgIpc) is 3.03. The van der Waals surface area contributed by atoms with Crippen LogP contribution >= 0.6 is 0 Å². The first-order valence-corrected chi connectivity index (χ1v) is 11.7. The minimum absolute atomic E-state index is 0.0704. The van der Waals surface area contributed by atoms with Gasteiger partial charge < -0.3 is 9.84 Å². The molecule has 3 fully saturated rings. The quantitative estimate of drug-likeness (QED) is 0.520. The molecule has 0 spiro atoms. The third-order valence-corrected chi connectivity index (χ3v) is 9.86. The smallest absolute Gasteiger partial charge is 0.305 e. The zero-order valence-electron chi connectivity index (χ0n) is 18.3. The molecule has 28 heavy (non-hydrogen) atoms. The molecule has 3 heteroatoms. The molecule has 9 atom stereocenters. The lowest BCUT2D eigenvalue weighted by Gasteiger charge is -2.58. The lowest BCUT2D eigenvalue weighted by atomic mass is 9.46. The zero-order valence-corrected chi connectivity index (χ0v) is 18.3. The van der Waals surface area contributed by atoms with Crippen molar-refractivity contribution >= 4 is 5.97 Å². The molecule has 0 aromatic rings. The van der Waals surface area contributed by atoms with Crippen molar-refractivity contribution in [3.8, 4) is 0 Å². The first kappa shape index (κ1) is 20.4. The van der Waals surface area contributed by atoms with Crippen molar-refractivity contribution in [3.05, 3.63) is 12.2 Å². The van der Waals surface area contributed by atoms with Crippen LogP contribution in [0.4, 0.5) is 0 Å². The molecule has 0 aromatic heterocycles. The highest BCUT2D eigenvalue weighted by Gasteiger charge is 2.58. The molecule has 158 valence electrons. The lowest BCUT2D eigenvalue weighted by molar-refractivity contribution is -0.141. The number of hydrogen-bond acceptors (Lipinski definition) is 3. The summed E-state index contributed by atoms with van der Waals surface area (Å²) in [6.07, 6.45) is 15.1. The molecule has 4 aliphatic rings. The third-order valence-electron chi connectivity index (χ3n) is 9.86. The fourth-order valence-electron chi connectivity index (χ4n) is 8.20. The van der Waals surface area contributed by atoms with Crippen LogP contribution in [0.5, 0.6) is 0 Å². The van der Waals surface area contributed by atoms with Gasteiger partial charge in [0, 0.05) is 6.42 Å². The van der Waals surface area contributed by atoms with Crippen molar-refractivity contribution in [2.24, 2.45) is 46.3 Å². The summed E-state index contributed by atoms with van der Waals surface area (Å²) in [6, 6.07) is 0. The molecule has 3 saturated carbocycles. The zero-order chi connectivity index (χ0) is 20.1. The molecule has 0 saturated heterocycles. The summed E-state index contributed by atoms with van der Waals surface area (Å²) in [5.41, 5.74) is 0.669. The molecule has 4 aliphatic carbocycles. The highest BCUT2D eigenvalue weighted by molar-refractivity contribution is 5.69. The Bertz CT molecular complexity index is 627. The van der Waals surface area contributed by atoms with E-state index in [-0.39, 0.29) is 17.5 Å². The Morgan fingerprint density at radius 3 is 2.75 bits per heavy atom. The molecule has 0 aliphatic heterocycles. The number of methoxy groups -OCH3 is 1. The molecule has 0 radical (unpaired) electrons. The Kier molecular flexibility index (Phi) is 5.44. The summed E-state index contributed by atoms with van der Waals surface area (Å²) in [5, 5.41) is 10.2. The summed E-state index contributed by atoms with van der Waals surface area (Å²) in [6.45, 7) is 7.39.